The fourth-order valence-corrected chi connectivity index (χ4v) is 0.606. The Morgan fingerprint density at radius 2 is 1.62 bits per heavy atom. The molecule has 0 spiro atoms. The van der Waals surface area contributed by atoms with E-state index in [2.05, 4.69) is 10.3 Å². The van der Waals surface area contributed by atoms with E-state index >= 15 is 0 Å². The van der Waals surface area contributed by atoms with Crippen molar-refractivity contribution in [2.45, 2.75) is 6.92 Å². The van der Waals surface area contributed by atoms with E-state index in [1.807, 2.05) is 30.3 Å². The molecule has 0 aliphatic heterocycles. The Kier molecular flexibility index (Phi) is 7.09. The van der Waals surface area contributed by atoms with Gasteiger partial charge in [-0.3, -0.25) is 0 Å². The van der Waals surface area contributed by atoms with Crippen LogP contribution in [0.2, 0.25) is 0 Å². The highest BCUT2D eigenvalue weighted by Gasteiger charge is 1.79. The van der Waals surface area contributed by atoms with Gasteiger partial charge in [0.1, 0.15) is 0 Å². The summed E-state index contributed by atoms with van der Waals surface area (Å²) < 4.78 is 0. The number of hydrogen-bond acceptors (Lipinski definition) is 4. The molecule has 0 saturated carbocycles. The van der Waals surface area contributed by atoms with E-state index in [1.165, 1.54) is 12.4 Å². The fraction of sp³-hybridized carbons (Fsp3) is 0.111. The number of nitrogens with zero attached hydrogens (tertiary/aromatic N) is 2. The average molecular weight is 180 g/mol. The van der Waals surface area contributed by atoms with Gasteiger partial charge in [0.05, 0.1) is 6.21 Å². The zero-order valence-electron chi connectivity index (χ0n) is 7.33. The molecule has 1 aromatic rings. The fourth-order valence-electron chi connectivity index (χ4n) is 0.606. The van der Waals surface area contributed by atoms with E-state index in [-0.39, 0.29) is 0 Å². The largest absolute Gasteiger partial charge is 0.411 e. The first kappa shape index (κ1) is 11.2. The molecule has 1 aromatic carbocycles. The normalized spacial score (nSPS) is 9.92. The van der Waals surface area contributed by atoms with Crippen LogP contribution in [-0.4, -0.2) is 22.8 Å². The molecule has 0 aromatic heterocycles. The van der Waals surface area contributed by atoms with E-state index < -0.39 is 0 Å². The number of rotatable bonds is 1. The molecule has 0 bridgehead atoms. The van der Waals surface area contributed by atoms with Crippen LogP contribution < -0.4 is 0 Å². The molecule has 0 unspecified atom stereocenters. The molecule has 70 valence electrons. The van der Waals surface area contributed by atoms with Crippen LogP contribution in [0.1, 0.15) is 12.5 Å². The van der Waals surface area contributed by atoms with Crippen molar-refractivity contribution in [1.82, 2.24) is 0 Å². The first-order valence-corrected chi connectivity index (χ1v) is 3.69. The topological polar surface area (TPSA) is 65.2 Å². The van der Waals surface area contributed by atoms with E-state index in [4.69, 9.17) is 10.4 Å². The molecule has 1 rings (SSSR count). The highest BCUT2D eigenvalue weighted by molar-refractivity contribution is 5.78. The van der Waals surface area contributed by atoms with E-state index in [0.29, 0.717) is 0 Å². The molecule has 0 aliphatic rings. The summed E-state index contributed by atoms with van der Waals surface area (Å²) in [6, 6.07) is 9.40. The maximum atomic E-state index is 8.09. The highest BCUT2D eigenvalue weighted by atomic mass is 16.4. The van der Waals surface area contributed by atoms with Gasteiger partial charge in [0, 0.05) is 6.21 Å². The molecule has 0 aliphatic carbocycles. The van der Waals surface area contributed by atoms with Crippen LogP contribution in [0.15, 0.2) is 40.6 Å². The van der Waals surface area contributed by atoms with Gasteiger partial charge >= 0.3 is 0 Å². The minimum absolute atomic E-state index is 0.903. The van der Waals surface area contributed by atoms with Crippen LogP contribution in [-0.2, 0) is 0 Å². The standard InChI is InChI=1S/C7H7NO.C2H5NO/c9-8-6-7-4-2-1-3-5-7;1-2-3-4/h1-6,9H;2,4H,1H3. The van der Waals surface area contributed by atoms with Crippen molar-refractivity contribution in [1.29, 1.82) is 0 Å². The maximum absolute atomic E-state index is 8.09. The van der Waals surface area contributed by atoms with Gasteiger partial charge in [0.15, 0.2) is 0 Å². The summed E-state index contributed by atoms with van der Waals surface area (Å²) in [5.74, 6) is 0. The highest BCUT2D eigenvalue weighted by Crippen LogP contribution is 1.92. The lowest BCUT2D eigenvalue weighted by Gasteiger charge is -1.85. The summed E-state index contributed by atoms with van der Waals surface area (Å²) in [6.07, 6.45) is 2.69. The second kappa shape index (κ2) is 8.26. The quantitative estimate of drug-likeness (QED) is 0.394. The number of benzene rings is 1. The van der Waals surface area contributed by atoms with Crippen LogP contribution in [0.25, 0.3) is 0 Å². The third-order valence-electron chi connectivity index (χ3n) is 1.12. The molecule has 4 heteroatoms. The summed E-state index contributed by atoms with van der Waals surface area (Å²) in [7, 11) is 0. The Balaban J connectivity index is 0.000000310. The summed E-state index contributed by atoms with van der Waals surface area (Å²) in [5, 5.41) is 21.0. The van der Waals surface area contributed by atoms with Gasteiger partial charge in [-0.1, -0.05) is 35.5 Å². The molecule has 13 heavy (non-hydrogen) atoms. The van der Waals surface area contributed by atoms with Gasteiger partial charge in [-0.2, -0.15) is 0 Å². The summed E-state index contributed by atoms with van der Waals surface area (Å²) in [5.41, 5.74) is 0.903. The maximum Gasteiger partial charge on any atom is 0.0733 e. The van der Waals surface area contributed by atoms with Crippen LogP contribution in [0.4, 0.5) is 0 Å². The van der Waals surface area contributed by atoms with Crippen molar-refractivity contribution in [3.63, 3.8) is 0 Å². The molecule has 0 fully saturated rings. The van der Waals surface area contributed by atoms with Crippen LogP contribution >= 0.6 is 0 Å². The lowest BCUT2D eigenvalue weighted by molar-refractivity contribution is 0.321. The van der Waals surface area contributed by atoms with Crippen molar-refractivity contribution < 1.29 is 10.4 Å². The average Bonchev–Trinajstić information content (AvgIpc) is 2.20. The smallest absolute Gasteiger partial charge is 0.0733 e. The van der Waals surface area contributed by atoms with Gasteiger partial charge in [-0.15, -0.1) is 5.16 Å². The summed E-state index contributed by atoms with van der Waals surface area (Å²) in [4.78, 5) is 0. The van der Waals surface area contributed by atoms with E-state index in [9.17, 15) is 0 Å². The van der Waals surface area contributed by atoms with Crippen LogP contribution in [0.3, 0.4) is 0 Å². The molecule has 2 N–H and O–H groups in total. The number of hydrogen-bond donors (Lipinski definition) is 2. The lowest BCUT2D eigenvalue weighted by Crippen LogP contribution is -1.76. The first-order chi connectivity index (χ1) is 6.35. The zero-order chi connectivity index (χ0) is 9.94. The molecule has 0 amide bonds. The molecule has 0 atom stereocenters. The van der Waals surface area contributed by atoms with Crippen molar-refractivity contribution >= 4 is 12.4 Å². The van der Waals surface area contributed by atoms with E-state index in [0.717, 1.165) is 5.56 Å². The third-order valence-corrected chi connectivity index (χ3v) is 1.12. The SMILES string of the molecule is CC=NO.ON=Cc1ccccc1. The third kappa shape index (κ3) is 6.55. The van der Waals surface area contributed by atoms with Crippen LogP contribution in [0, 0.1) is 0 Å². The second-order valence-electron chi connectivity index (χ2n) is 2.03. The van der Waals surface area contributed by atoms with Crippen molar-refractivity contribution in [2.24, 2.45) is 10.3 Å². The van der Waals surface area contributed by atoms with Gasteiger partial charge in [0.25, 0.3) is 0 Å². The van der Waals surface area contributed by atoms with Crippen molar-refractivity contribution in [2.75, 3.05) is 0 Å². The predicted molar refractivity (Wildman–Crippen MR) is 51.8 cm³/mol. The predicted octanol–water partition coefficient (Wildman–Crippen LogP) is 1.96. The minimum atomic E-state index is 0.903. The van der Waals surface area contributed by atoms with E-state index in [1.54, 1.807) is 6.92 Å². The Hall–Kier alpha value is -1.84. The van der Waals surface area contributed by atoms with Crippen LogP contribution in [0.5, 0.6) is 0 Å². The Morgan fingerprint density at radius 3 is 2.00 bits per heavy atom. The monoisotopic (exact) mass is 180 g/mol. The second-order valence-corrected chi connectivity index (χ2v) is 2.03. The molecule has 0 saturated heterocycles. The van der Waals surface area contributed by atoms with Gasteiger partial charge < -0.3 is 10.4 Å². The summed E-state index contributed by atoms with van der Waals surface area (Å²) in [6.45, 7) is 1.64. The minimum Gasteiger partial charge on any atom is -0.411 e. The molecule has 4 nitrogen and oxygen atoms in total. The lowest BCUT2D eigenvalue weighted by atomic mass is 10.2. The number of oxime groups is 2. The summed E-state index contributed by atoms with van der Waals surface area (Å²) >= 11 is 0. The molecule has 0 radical (unpaired) electrons. The van der Waals surface area contributed by atoms with Crippen molar-refractivity contribution in [3.8, 4) is 0 Å². The Morgan fingerprint density at radius 1 is 1.08 bits per heavy atom. The van der Waals surface area contributed by atoms with Crippen molar-refractivity contribution in [3.05, 3.63) is 35.9 Å². The van der Waals surface area contributed by atoms with Gasteiger partial charge in [-0.05, 0) is 12.5 Å². The Labute approximate surface area is 76.8 Å². The molecular formula is C9H12N2O2. The zero-order valence-corrected chi connectivity index (χ0v) is 7.33. The molecular weight excluding hydrogens is 168 g/mol. The Bertz CT molecular complexity index is 254. The van der Waals surface area contributed by atoms with Gasteiger partial charge in [-0.25, -0.2) is 0 Å². The first-order valence-electron chi connectivity index (χ1n) is 3.69. The van der Waals surface area contributed by atoms with Gasteiger partial charge in [0.2, 0.25) is 0 Å². The molecule has 0 heterocycles.